The van der Waals surface area contributed by atoms with E-state index in [4.69, 9.17) is 18.9 Å². The minimum Gasteiger partial charge on any atom is -0.491 e. The van der Waals surface area contributed by atoms with Crippen LogP contribution in [0.2, 0.25) is 0 Å². The number of ether oxygens (including phenoxy) is 4. The summed E-state index contributed by atoms with van der Waals surface area (Å²) in [6, 6.07) is 8.40. The largest absolute Gasteiger partial charge is 0.491 e. The Balaban J connectivity index is 1.16. The van der Waals surface area contributed by atoms with Crippen molar-refractivity contribution in [2.75, 3.05) is 58.0 Å². The fourth-order valence-corrected chi connectivity index (χ4v) is 5.19. The van der Waals surface area contributed by atoms with Gasteiger partial charge >= 0.3 is 0 Å². The highest BCUT2D eigenvalue weighted by atomic mass is 32.2. The van der Waals surface area contributed by atoms with Gasteiger partial charge in [-0.25, -0.2) is 9.29 Å². The molecule has 2 aliphatic rings. The first-order valence-electron chi connectivity index (χ1n) is 11.8. The Bertz CT molecular complexity index is 799. The maximum Gasteiger partial charge on any atom is 0.176 e. The number of piperazine rings is 1. The van der Waals surface area contributed by atoms with Gasteiger partial charge in [0.1, 0.15) is 18.5 Å². The lowest BCUT2D eigenvalue weighted by Crippen LogP contribution is -2.44. The van der Waals surface area contributed by atoms with Crippen LogP contribution in [0.25, 0.3) is 0 Å². The number of nitrogens with zero attached hydrogens (tertiary/aromatic N) is 4. The Morgan fingerprint density at radius 2 is 2.00 bits per heavy atom. The van der Waals surface area contributed by atoms with E-state index in [-0.39, 0.29) is 12.4 Å². The van der Waals surface area contributed by atoms with E-state index in [0.717, 1.165) is 45.0 Å². The van der Waals surface area contributed by atoms with Crippen LogP contribution in [0.3, 0.4) is 0 Å². The molecule has 2 saturated heterocycles. The lowest BCUT2D eigenvalue weighted by molar-refractivity contribution is -0.0726. The van der Waals surface area contributed by atoms with Crippen molar-refractivity contribution in [1.82, 2.24) is 13.9 Å². The Morgan fingerprint density at radius 3 is 2.70 bits per heavy atom. The van der Waals surface area contributed by atoms with Gasteiger partial charge in [-0.2, -0.15) is 0 Å². The van der Waals surface area contributed by atoms with Gasteiger partial charge < -0.3 is 28.4 Å². The molecular weight excluding hydrogens is 440 g/mol. The minimum absolute atomic E-state index is 0.0559. The van der Waals surface area contributed by atoms with E-state index in [2.05, 4.69) is 33.2 Å². The molecule has 3 heterocycles. The zero-order valence-electron chi connectivity index (χ0n) is 19.7. The maximum absolute atomic E-state index is 5.96. The number of hydrogen-bond donors (Lipinski definition) is 0. The van der Waals surface area contributed by atoms with E-state index < -0.39 is 0 Å². The van der Waals surface area contributed by atoms with Crippen molar-refractivity contribution in [2.24, 2.45) is 0 Å². The van der Waals surface area contributed by atoms with Crippen LogP contribution in [0, 0.1) is 0 Å². The van der Waals surface area contributed by atoms with Crippen LogP contribution in [0.5, 0.6) is 5.75 Å². The second kappa shape index (κ2) is 12.6. The normalized spacial score (nSPS) is 22.5. The SMILES string of the molecule is CCC(CCOC)SN1CCN(c2ccc(OCC3COC(Cn4ccnc4)O3)cc2)CC1. The van der Waals surface area contributed by atoms with Crippen molar-refractivity contribution in [3.63, 3.8) is 0 Å². The summed E-state index contributed by atoms with van der Waals surface area (Å²) in [4.78, 5) is 6.49. The summed E-state index contributed by atoms with van der Waals surface area (Å²) in [5, 5.41) is 0.642. The van der Waals surface area contributed by atoms with E-state index in [1.54, 1.807) is 19.6 Å². The van der Waals surface area contributed by atoms with Crippen molar-refractivity contribution in [2.45, 2.75) is 44.0 Å². The van der Waals surface area contributed by atoms with Crippen LogP contribution in [-0.2, 0) is 20.8 Å². The van der Waals surface area contributed by atoms with Crippen LogP contribution in [-0.4, -0.2) is 84.6 Å². The monoisotopic (exact) mass is 476 g/mol. The van der Waals surface area contributed by atoms with Gasteiger partial charge in [-0.05, 0) is 37.1 Å². The van der Waals surface area contributed by atoms with Crippen LogP contribution in [0.15, 0.2) is 43.0 Å². The lowest BCUT2D eigenvalue weighted by atomic mass is 10.2. The number of imidazole rings is 1. The van der Waals surface area contributed by atoms with Gasteiger partial charge in [0, 0.05) is 63.2 Å². The molecule has 1 aromatic carbocycles. The first kappa shape index (κ1) is 24.3. The molecule has 1 aromatic heterocycles. The number of methoxy groups -OCH3 is 1. The lowest BCUT2D eigenvalue weighted by Gasteiger charge is -2.36. The van der Waals surface area contributed by atoms with Crippen molar-refractivity contribution in [3.8, 4) is 5.75 Å². The molecule has 0 amide bonds. The molecule has 0 aliphatic carbocycles. The van der Waals surface area contributed by atoms with E-state index in [0.29, 0.717) is 25.0 Å². The van der Waals surface area contributed by atoms with Crippen LogP contribution >= 0.6 is 11.9 Å². The van der Waals surface area contributed by atoms with Gasteiger partial charge in [0.05, 0.1) is 19.5 Å². The zero-order valence-corrected chi connectivity index (χ0v) is 20.5. The third kappa shape index (κ3) is 7.35. The third-order valence-electron chi connectivity index (χ3n) is 6.01. The van der Waals surface area contributed by atoms with Gasteiger partial charge in [0.25, 0.3) is 0 Å². The quantitative estimate of drug-likeness (QED) is 0.433. The molecule has 9 heteroatoms. The highest BCUT2D eigenvalue weighted by Gasteiger charge is 2.27. The van der Waals surface area contributed by atoms with Crippen LogP contribution in [0.1, 0.15) is 19.8 Å². The number of aromatic nitrogens is 2. The van der Waals surface area contributed by atoms with Gasteiger partial charge in [-0.15, -0.1) is 0 Å². The van der Waals surface area contributed by atoms with Gasteiger partial charge in [-0.1, -0.05) is 18.9 Å². The summed E-state index contributed by atoms with van der Waals surface area (Å²) >= 11 is 2.00. The van der Waals surface area contributed by atoms with E-state index in [1.807, 2.05) is 34.8 Å². The predicted molar refractivity (Wildman–Crippen MR) is 131 cm³/mol. The standard InChI is InChI=1S/C24H36N4O4S/c1-3-23(8-15-29-2)33-28-13-11-27(12-14-28)20-4-6-21(7-5-20)30-17-22-18-31-24(32-22)16-26-10-9-25-19-26/h4-7,9-10,19,22-24H,3,8,11-18H2,1-2H3. The van der Waals surface area contributed by atoms with Crippen LogP contribution < -0.4 is 9.64 Å². The molecule has 2 fully saturated rings. The van der Waals surface area contributed by atoms with Crippen molar-refractivity contribution >= 4 is 17.6 Å². The molecule has 33 heavy (non-hydrogen) atoms. The number of hydrogen-bond acceptors (Lipinski definition) is 8. The molecule has 3 unspecified atom stereocenters. The first-order chi connectivity index (χ1) is 16.2. The van der Waals surface area contributed by atoms with E-state index in [1.165, 1.54) is 12.1 Å². The molecule has 8 nitrogen and oxygen atoms in total. The summed E-state index contributed by atoms with van der Waals surface area (Å²) in [6.07, 6.45) is 7.41. The maximum atomic E-state index is 5.96. The number of rotatable bonds is 12. The molecular formula is C24H36N4O4S. The summed E-state index contributed by atoms with van der Waals surface area (Å²) in [5.41, 5.74) is 1.25. The summed E-state index contributed by atoms with van der Waals surface area (Å²) in [5.74, 6) is 0.860. The topological polar surface area (TPSA) is 61.2 Å². The summed E-state index contributed by atoms with van der Waals surface area (Å²) in [6.45, 7) is 9.01. The molecule has 2 aliphatic heterocycles. The first-order valence-corrected chi connectivity index (χ1v) is 12.7. The average molecular weight is 477 g/mol. The Morgan fingerprint density at radius 1 is 1.18 bits per heavy atom. The highest BCUT2D eigenvalue weighted by molar-refractivity contribution is 7.97. The van der Waals surface area contributed by atoms with Gasteiger partial charge in [-0.3, -0.25) is 0 Å². The summed E-state index contributed by atoms with van der Waals surface area (Å²) in [7, 11) is 1.78. The highest BCUT2D eigenvalue weighted by Crippen LogP contribution is 2.27. The van der Waals surface area contributed by atoms with E-state index >= 15 is 0 Å². The Labute approximate surface area is 201 Å². The van der Waals surface area contributed by atoms with E-state index in [9.17, 15) is 0 Å². The molecule has 0 saturated carbocycles. The Hall–Kier alpha value is -1.78. The van der Waals surface area contributed by atoms with Crippen LogP contribution in [0.4, 0.5) is 5.69 Å². The average Bonchev–Trinajstić information content (AvgIpc) is 3.54. The molecule has 0 radical (unpaired) electrons. The summed E-state index contributed by atoms with van der Waals surface area (Å²) < 4.78 is 27.3. The molecule has 182 valence electrons. The second-order valence-corrected chi connectivity index (χ2v) is 9.81. The van der Waals surface area contributed by atoms with Gasteiger partial charge in [0.15, 0.2) is 6.29 Å². The zero-order chi connectivity index (χ0) is 22.9. The third-order valence-corrected chi connectivity index (χ3v) is 7.54. The predicted octanol–water partition coefficient (Wildman–Crippen LogP) is 3.29. The fourth-order valence-electron chi connectivity index (χ4n) is 4.04. The molecule has 4 rings (SSSR count). The molecule has 0 bridgehead atoms. The smallest absolute Gasteiger partial charge is 0.176 e. The van der Waals surface area contributed by atoms with Crippen molar-refractivity contribution < 1.29 is 18.9 Å². The minimum atomic E-state index is -0.250. The van der Waals surface area contributed by atoms with Crippen molar-refractivity contribution in [3.05, 3.63) is 43.0 Å². The molecule has 2 aromatic rings. The second-order valence-electron chi connectivity index (χ2n) is 8.42. The van der Waals surface area contributed by atoms with Gasteiger partial charge in [0.2, 0.25) is 0 Å². The number of anilines is 1. The number of benzene rings is 1. The fraction of sp³-hybridized carbons (Fsp3) is 0.625. The molecule has 0 spiro atoms. The molecule has 0 N–H and O–H groups in total. The Kier molecular flexibility index (Phi) is 9.31. The van der Waals surface area contributed by atoms with Crippen molar-refractivity contribution in [1.29, 1.82) is 0 Å². The molecule has 3 atom stereocenters.